The van der Waals surface area contributed by atoms with Crippen molar-refractivity contribution in [1.29, 1.82) is 0 Å². The van der Waals surface area contributed by atoms with Crippen molar-refractivity contribution < 1.29 is 0 Å². The maximum Gasteiger partial charge on any atom is 0.195 e. The second kappa shape index (κ2) is 5.24. The predicted octanol–water partition coefficient (Wildman–Crippen LogP) is 2.62. The minimum Gasteiger partial charge on any atom is -0.353 e. The molecule has 6 heteroatoms. The van der Waals surface area contributed by atoms with E-state index in [1.54, 1.807) is 11.3 Å². The lowest BCUT2D eigenvalue weighted by atomic mass is 10.1. The Morgan fingerprint density at radius 2 is 2.30 bits per heavy atom. The van der Waals surface area contributed by atoms with Gasteiger partial charge in [0.25, 0.3) is 0 Å². The number of hydrogen-bond acceptors (Lipinski definition) is 5. The molecule has 1 aliphatic rings. The first-order valence-corrected chi connectivity index (χ1v) is 8.92. The Kier molecular flexibility index (Phi) is 3.73. The second-order valence-electron chi connectivity index (χ2n) is 6.15. The topological polar surface area (TPSA) is 46.6 Å². The van der Waals surface area contributed by atoms with Crippen LogP contribution in [0.15, 0.2) is 11.6 Å². The van der Waals surface area contributed by atoms with Gasteiger partial charge in [-0.05, 0) is 20.8 Å². The molecule has 0 aromatic carbocycles. The highest BCUT2D eigenvalue weighted by Crippen LogP contribution is 2.34. The number of imidazole rings is 1. The molecule has 3 heterocycles. The monoisotopic (exact) mass is 310 g/mol. The van der Waals surface area contributed by atoms with Crippen LogP contribution in [0.2, 0.25) is 0 Å². The average molecular weight is 310 g/mol. The van der Waals surface area contributed by atoms with E-state index in [9.17, 15) is 0 Å². The summed E-state index contributed by atoms with van der Waals surface area (Å²) in [6, 6.07) is 0.153. The summed E-state index contributed by atoms with van der Waals surface area (Å²) in [6.45, 7) is 8.81. The zero-order chi connectivity index (χ0) is 14.3. The Balaban J connectivity index is 1.99. The van der Waals surface area contributed by atoms with Crippen molar-refractivity contribution in [3.05, 3.63) is 17.3 Å². The van der Waals surface area contributed by atoms with Crippen LogP contribution in [-0.2, 0) is 6.42 Å². The van der Waals surface area contributed by atoms with E-state index < -0.39 is 0 Å². The Labute approximate surface area is 128 Å². The number of nitrogens with two attached hydrogens (primary N) is 1. The van der Waals surface area contributed by atoms with Gasteiger partial charge in [0.05, 0.1) is 5.69 Å². The van der Waals surface area contributed by atoms with Crippen molar-refractivity contribution >= 4 is 33.9 Å². The summed E-state index contributed by atoms with van der Waals surface area (Å²) in [5, 5.41) is 2.09. The minimum atomic E-state index is 0.153. The van der Waals surface area contributed by atoms with Gasteiger partial charge in [-0.3, -0.25) is 4.40 Å². The molecule has 2 aromatic heterocycles. The van der Waals surface area contributed by atoms with Crippen LogP contribution in [0.4, 0.5) is 5.82 Å². The van der Waals surface area contributed by atoms with Gasteiger partial charge in [-0.2, -0.15) is 11.8 Å². The van der Waals surface area contributed by atoms with Crippen molar-refractivity contribution in [3.63, 3.8) is 0 Å². The van der Waals surface area contributed by atoms with E-state index in [2.05, 4.69) is 41.6 Å². The number of aromatic nitrogens is 2. The smallest absolute Gasteiger partial charge is 0.195 e. The zero-order valence-corrected chi connectivity index (χ0v) is 13.9. The number of fused-ring (bicyclic) bond motifs is 1. The molecule has 3 rings (SSSR count). The first-order valence-electron chi connectivity index (χ1n) is 7.05. The fourth-order valence-electron chi connectivity index (χ4n) is 2.77. The predicted molar refractivity (Wildman–Crippen MR) is 89.2 cm³/mol. The molecular weight excluding hydrogens is 288 g/mol. The molecule has 4 nitrogen and oxygen atoms in total. The number of anilines is 1. The summed E-state index contributed by atoms with van der Waals surface area (Å²) >= 11 is 3.74. The lowest BCUT2D eigenvalue weighted by Gasteiger charge is -2.38. The third-order valence-electron chi connectivity index (χ3n) is 3.58. The molecule has 1 saturated heterocycles. The van der Waals surface area contributed by atoms with E-state index in [4.69, 9.17) is 10.7 Å². The second-order valence-corrected chi connectivity index (χ2v) is 8.82. The molecule has 1 atom stereocenters. The molecule has 0 radical (unpaired) electrons. The third kappa shape index (κ3) is 2.69. The van der Waals surface area contributed by atoms with Gasteiger partial charge in [-0.25, -0.2) is 4.98 Å². The highest BCUT2D eigenvalue weighted by molar-refractivity contribution is 8.00. The highest BCUT2D eigenvalue weighted by Gasteiger charge is 2.30. The summed E-state index contributed by atoms with van der Waals surface area (Å²) in [4.78, 5) is 8.37. The molecule has 0 saturated carbocycles. The van der Waals surface area contributed by atoms with E-state index in [0.29, 0.717) is 4.75 Å². The van der Waals surface area contributed by atoms with Gasteiger partial charge >= 0.3 is 0 Å². The van der Waals surface area contributed by atoms with Crippen LogP contribution in [0.1, 0.15) is 26.5 Å². The first kappa shape index (κ1) is 14.2. The fourth-order valence-corrected chi connectivity index (χ4v) is 4.61. The molecule has 0 bridgehead atoms. The Morgan fingerprint density at radius 3 is 3.00 bits per heavy atom. The minimum absolute atomic E-state index is 0.153. The Hall–Kier alpha value is -0.720. The van der Waals surface area contributed by atoms with Gasteiger partial charge in [-0.15, -0.1) is 11.3 Å². The SMILES string of the molecule is CC(N)Cc1c(N2CCSC(C)(C)C2)nc2sccn12. The van der Waals surface area contributed by atoms with E-state index in [-0.39, 0.29) is 6.04 Å². The quantitative estimate of drug-likeness (QED) is 0.946. The van der Waals surface area contributed by atoms with Crippen LogP contribution in [0.5, 0.6) is 0 Å². The summed E-state index contributed by atoms with van der Waals surface area (Å²) in [5.41, 5.74) is 7.30. The lowest BCUT2D eigenvalue weighted by Crippen LogP contribution is -2.43. The first-order chi connectivity index (χ1) is 9.46. The fraction of sp³-hybridized carbons (Fsp3) is 0.643. The van der Waals surface area contributed by atoms with E-state index in [1.807, 2.05) is 11.8 Å². The number of hydrogen-bond donors (Lipinski definition) is 1. The van der Waals surface area contributed by atoms with E-state index >= 15 is 0 Å². The normalized spacial score (nSPS) is 20.5. The number of rotatable bonds is 3. The molecular formula is C14H22N4S2. The molecule has 0 spiro atoms. The molecule has 0 amide bonds. The molecule has 0 aliphatic carbocycles. The molecule has 1 unspecified atom stereocenters. The maximum absolute atomic E-state index is 6.03. The van der Waals surface area contributed by atoms with Gasteiger partial charge in [0.15, 0.2) is 10.8 Å². The molecule has 20 heavy (non-hydrogen) atoms. The zero-order valence-electron chi connectivity index (χ0n) is 12.3. The van der Waals surface area contributed by atoms with Gasteiger partial charge in [0, 0.05) is 47.6 Å². The standard InChI is InChI=1S/C14H22N4S2/c1-10(15)8-11-12(16-13-18(11)5-6-19-13)17-4-7-20-14(2,3)9-17/h5-6,10H,4,7-9,15H2,1-3H3. The number of thiazole rings is 1. The summed E-state index contributed by atoms with van der Waals surface area (Å²) in [6.07, 6.45) is 2.98. The lowest BCUT2D eigenvalue weighted by molar-refractivity contribution is 0.636. The molecule has 1 aliphatic heterocycles. The van der Waals surface area contributed by atoms with Crippen molar-refractivity contribution in [2.24, 2.45) is 5.73 Å². The summed E-state index contributed by atoms with van der Waals surface area (Å²) < 4.78 is 2.50. The van der Waals surface area contributed by atoms with Crippen LogP contribution in [0.25, 0.3) is 4.96 Å². The number of nitrogens with zero attached hydrogens (tertiary/aromatic N) is 3. The van der Waals surface area contributed by atoms with Crippen LogP contribution in [0.3, 0.4) is 0 Å². The van der Waals surface area contributed by atoms with E-state index in [0.717, 1.165) is 36.0 Å². The van der Waals surface area contributed by atoms with Crippen molar-refractivity contribution in [2.45, 2.75) is 38.0 Å². The third-order valence-corrected chi connectivity index (χ3v) is 5.63. The molecule has 2 aromatic rings. The van der Waals surface area contributed by atoms with Gasteiger partial charge in [0.2, 0.25) is 0 Å². The Morgan fingerprint density at radius 1 is 1.50 bits per heavy atom. The van der Waals surface area contributed by atoms with E-state index in [1.165, 1.54) is 5.69 Å². The average Bonchev–Trinajstić information content (AvgIpc) is 2.90. The van der Waals surface area contributed by atoms with Crippen molar-refractivity contribution in [1.82, 2.24) is 9.38 Å². The van der Waals surface area contributed by atoms with Gasteiger partial charge < -0.3 is 10.6 Å². The highest BCUT2D eigenvalue weighted by atomic mass is 32.2. The molecule has 2 N–H and O–H groups in total. The Bertz CT molecular complexity index is 599. The largest absolute Gasteiger partial charge is 0.353 e. The summed E-state index contributed by atoms with van der Waals surface area (Å²) in [7, 11) is 0. The van der Waals surface area contributed by atoms with Crippen LogP contribution >= 0.6 is 23.1 Å². The molecule has 1 fully saturated rings. The van der Waals surface area contributed by atoms with Crippen LogP contribution in [0, 0.1) is 0 Å². The van der Waals surface area contributed by atoms with Crippen molar-refractivity contribution in [2.75, 3.05) is 23.7 Å². The maximum atomic E-state index is 6.03. The number of thioether (sulfide) groups is 1. The van der Waals surface area contributed by atoms with Crippen LogP contribution in [-0.4, -0.2) is 39.0 Å². The van der Waals surface area contributed by atoms with Gasteiger partial charge in [-0.1, -0.05) is 0 Å². The van der Waals surface area contributed by atoms with Gasteiger partial charge in [0.1, 0.15) is 0 Å². The van der Waals surface area contributed by atoms with Crippen molar-refractivity contribution in [3.8, 4) is 0 Å². The summed E-state index contributed by atoms with van der Waals surface area (Å²) in [5.74, 6) is 2.30. The molecule has 110 valence electrons. The van der Waals surface area contributed by atoms with Crippen LogP contribution < -0.4 is 10.6 Å².